The van der Waals surface area contributed by atoms with Gasteiger partial charge in [-0.25, -0.2) is 4.98 Å². The van der Waals surface area contributed by atoms with Crippen molar-refractivity contribution in [2.75, 3.05) is 13.7 Å². The molecule has 1 aromatic heterocycles. The van der Waals surface area contributed by atoms with Gasteiger partial charge in [0.25, 0.3) is 0 Å². The summed E-state index contributed by atoms with van der Waals surface area (Å²) in [6, 6.07) is 22.4. The van der Waals surface area contributed by atoms with Gasteiger partial charge in [-0.05, 0) is 67.1 Å². The summed E-state index contributed by atoms with van der Waals surface area (Å²) in [6.07, 6.45) is 1.96. The molecule has 0 aliphatic carbocycles. The highest BCUT2D eigenvalue weighted by Gasteiger charge is 2.12. The smallest absolute Gasteiger partial charge is 0.147 e. The van der Waals surface area contributed by atoms with Crippen LogP contribution < -0.4 is 14.2 Å². The number of nitrogens with zero attached hydrogens (tertiary/aromatic N) is 2. The Morgan fingerprint density at radius 1 is 0.882 bits per heavy atom. The van der Waals surface area contributed by atoms with Gasteiger partial charge in [0.1, 0.15) is 29.7 Å². The highest BCUT2D eigenvalue weighted by molar-refractivity contribution is 5.75. The van der Waals surface area contributed by atoms with Gasteiger partial charge < -0.3 is 18.8 Å². The number of ether oxygens (including phenoxy) is 3. The third-order valence-corrected chi connectivity index (χ3v) is 5.97. The van der Waals surface area contributed by atoms with E-state index in [-0.39, 0.29) is 0 Å². The lowest BCUT2D eigenvalue weighted by atomic mass is 10.0. The number of imidazole rings is 1. The fraction of sp³-hybridized carbons (Fsp3) is 0.345. The molecule has 178 valence electrons. The zero-order valence-corrected chi connectivity index (χ0v) is 20.6. The van der Waals surface area contributed by atoms with Crippen LogP contribution in [0.5, 0.6) is 17.2 Å². The number of hydrogen-bond donors (Lipinski definition) is 0. The second-order valence-corrected chi connectivity index (χ2v) is 8.89. The van der Waals surface area contributed by atoms with Crippen molar-refractivity contribution >= 4 is 11.0 Å². The minimum absolute atomic E-state index is 0.402. The molecule has 34 heavy (non-hydrogen) atoms. The fourth-order valence-corrected chi connectivity index (χ4v) is 4.12. The predicted octanol–water partition coefficient (Wildman–Crippen LogP) is 6.91. The molecule has 0 spiro atoms. The van der Waals surface area contributed by atoms with Crippen LogP contribution in [0.15, 0.2) is 66.7 Å². The molecule has 0 amide bonds. The van der Waals surface area contributed by atoms with Gasteiger partial charge in [-0.3, -0.25) is 0 Å². The van der Waals surface area contributed by atoms with Crippen LogP contribution in [0.1, 0.15) is 49.6 Å². The number of hydrogen-bond acceptors (Lipinski definition) is 4. The number of rotatable bonds is 11. The molecule has 5 nitrogen and oxygen atoms in total. The lowest BCUT2D eigenvalue weighted by Crippen LogP contribution is -2.09. The van der Waals surface area contributed by atoms with Crippen LogP contribution in [0.3, 0.4) is 0 Å². The van der Waals surface area contributed by atoms with Crippen molar-refractivity contribution in [3.63, 3.8) is 0 Å². The Morgan fingerprint density at radius 3 is 2.53 bits per heavy atom. The van der Waals surface area contributed by atoms with E-state index in [2.05, 4.69) is 61.7 Å². The van der Waals surface area contributed by atoms with Crippen LogP contribution in [0.2, 0.25) is 0 Å². The molecule has 0 saturated carbocycles. The van der Waals surface area contributed by atoms with E-state index in [1.54, 1.807) is 7.11 Å². The first-order valence-corrected chi connectivity index (χ1v) is 12.0. The van der Waals surface area contributed by atoms with E-state index in [9.17, 15) is 0 Å². The second kappa shape index (κ2) is 11.1. The van der Waals surface area contributed by atoms with Gasteiger partial charge in [0, 0.05) is 12.6 Å². The maximum absolute atomic E-state index is 6.18. The zero-order valence-electron chi connectivity index (χ0n) is 20.6. The maximum Gasteiger partial charge on any atom is 0.147 e. The summed E-state index contributed by atoms with van der Waals surface area (Å²) in [7, 11) is 1.66. The van der Waals surface area contributed by atoms with Crippen LogP contribution in [0.4, 0.5) is 0 Å². The molecule has 3 aromatic carbocycles. The van der Waals surface area contributed by atoms with Gasteiger partial charge in [0.2, 0.25) is 0 Å². The van der Waals surface area contributed by atoms with E-state index in [1.165, 1.54) is 11.1 Å². The average Bonchev–Trinajstić information content (AvgIpc) is 3.20. The SMILES string of the molecule is COc1cccc(OCc2nc3ccccc3n2CCCCOc2cc(C)ccc2C(C)C)c1. The average molecular weight is 459 g/mol. The molecule has 0 unspecified atom stereocenters. The minimum atomic E-state index is 0.402. The second-order valence-electron chi connectivity index (χ2n) is 8.89. The molecule has 0 saturated heterocycles. The lowest BCUT2D eigenvalue weighted by molar-refractivity contribution is 0.283. The highest BCUT2D eigenvalue weighted by atomic mass is 16.5. The molecule has 4 rings (SSSR count). The molecule has 0 bridgehead atoms. The quantitative estimate of drug-likeness (QED) is 0.229. The molecule has 0 radical (unpaired) electrons. The van der Waals surface area contributed by atoms with Crippen molar-refractivity contribution in [3.8, 4) is 17.2 Å². The lowest BCUT2D eigenvalue weighted by Gasteiger charge is -2.15. The van der Waals surface area contributed by atoms with E-state index >= 15 is 0 Å². The van der Waals surface area contributed by atoms with Gasteiger partial charge >= 0.3 is 0 Å². The third kappa shape index (κ3) is 5.71. The summed E-state index contributed by atoms with van der Waals surface area (Å²) in [5.41, 5.74) is 4.62. The van der Waals surface area contributed by atoms with Crippen molar-refractivity contribution in [2.45, 2.75) is 52.7 Å². The van der Waals surface area contributed by atoms with Gasteiger partial charge in [0.15, 0.2) is 0 Å². The van der Waals surface area contributed by atoms with E-state index in [4.69, 9.17) is 19.2 Å². The molecule has 0 N–H and O–H groups in total. The van der Waals surface area contributed by atoms with Gasteiger partial charge in [-0.15, -0.1) is 0 Å². The van der Waals surface area contributed by atoms with Crippen molar-refractivity contribution in [2.24, 2.45) is 0 Å². The zero-order chi connectivity index (χ0) is 23.9. The van der Waals surface area contributed by atoms with Crippen LogP contribution >= 0.6 is 0 Å². The molecule has 5 heteroatoms. The molecule has 0 atom stereocenters. The summed E-state index contributed by atoms with van der Waals surface area (Å²) in [5, 5.41) is 0. The number of aromatic nitrogens is 2. The third-order valence-electron chi connectivity index (χ3n) is 5.97. The van der Waals surface area contributed by atoms with Crippen molar-refractivity contribution < 1.29 is 14.2 Å². The molecule has 0 fully saturated rings. The van der Waals surface area contributed by atoms with Gasteiger partial charge in [-0.2, -0.15) is 0 Å². The monoisotopic (exact) mass is 458 g/mol. The van der Waals surface area contributed by atoms with Crippen LogP contribution in [0.25, 0.3) is 11.0 Å². The number of unbranched alkanes of at least 4 members (excludes halogenated alkanes) is 1. The first kappa shape index (κ1) is 23.7. The Labute approximate surface area is 202 Å². The molecule has 0 aliphatic rings. The Morgan fingerprint density at radius 2 is 1.71 bits per heavy atom. The van der Waals surface area contributed by atoms with Crippen LogP contribution in [0, 0.1) is 6.92 Å². The topological polar surface area (TPSA) is 45.5 Å². The molecular weight excluding hydrogens is 424 g/mol. The Kier molecular flexibility index (Phi) is 7.73. The Bertz CT molecular complexity index is 1230. The van der Waals surface area contributed by atoms with E-state index in [0.29, 0.717) is 19.1 Å². The van der Waals surface area contributed by atoms with Crippen molar-refractivity contribution in [1.82, 2.24) is 9.55 Å². The number of benzene rings is 3. The fourth-order valence-electron chi connectivity index (χ4n) is 4.12. The van der Waals surface area contributed by atoms with Crippen LogP contribution in [-0.4, -0.2) is 23.3 Å². The van der Waals surface area contributed by atoms with Gasteiger partial charge in [-0.1, -0.05) is 44.2 Å². The van der Waals surface area contributed by atoms with Crippen molar-refractivity contribution in [1.29, 1.82) is 0 Å². The summed E-state index contributed by atoms with van der Waals surface area (Å²) in [4.78, 5) is 4.83. The van der Waals surface area contributed by atoms with Crippen LogP contribution in [-0.2, 0) is 13.2 Å². The highest BCUT2D eigenvalue weighted by Crippen LogP contribution is 2.28. The standard InChI is InChI=1S/C29H34N2O3/c1-21(2)25-15-14-22(3)18-28(25)33-17-8-7-16-31-27-13-6-5-12-26(27)30-29(31)20-34-24-11-9-10-23(19-24)32-4/h5-6,9-15,18-19,21H,7-8,16-17,20H2,1-4H3. The molecule has 0 aliphatic heterocycles. The first-order valence-electron chi connectivity index (χ1n) is 12.0. The maximum atomic E-state index is 6.18. The summed E-state index contributed by atoms with van der Waals surface area (Å²) >= 11 is 0. The Balaban J connectivity index is 1.39. The number of methoxy groups -OCH3 is 1. The summed E-state index contributed by atoms with van der Waals surface area (Å²) < 4.78 is 19.8. The number of para-hydroxylation sites is 2. The molecule has 1 heterocycles. The number of fused-ring (bicyclic) bond motifs is 1. The van der Waals surface area contributed by atoms with E-state index < -0.39 is 0 Å². The summed E-state index contributed by atoms with van der Waals surface area (Å²) in [6.45, 7) is 8.49. The van der Waals surface area contributed by atoms with E-state index in [1.807, 2.05) is 30.3 Å². The predicted molar refractivity (Wildman–Crippen MR) is 137 cm³/mol. The normalized spacial score (nSPS) is 11.2. The Hall–Kier alpha value is -3.47. The van der Waals surface area contributed by atoms with Gasteiger partial charge in [0.05, 0.1) is 24.8 Å². The first-order chi connectivity index (χ1) is 16.5. The van der Waals surface area contributed by atoms with E-state index in [0.717, 1.165) is 53.5 Å². The molecular formula is C29H34N2O3. The molecule has 4 aromatic rings. The summed E-state index contributed by atoms with van der Waals surface area (Å²) in [5.74, 6) is 3.92. The van der Waals surface area contributed by atoms with Crippen molar-refractivity contribution in [3.05, 3.63) is 83.7 Å². The largest absolute Gasteiger partial charge is 0.497 e. The minimum Gasteiger partial charge on any atom is -0.497 e. The number of aryl methyl sites for hydroxylation is 2.